The number of primary amides is 2. The second-order valence-corrected chi connectivity index (χ2v) is 38.0. The van der Waals surface area contributed by atoms with Gasteiger partial charge in [0.15, 0.2) is 0 Å². The summed E-state index contributed by atoms with van der Waals surface area (Å²) in [6, 6.07) is 1.73. The number of aromatic amines is 1. The molecular formula is C91H138N20O23. The van der Waals surface area contributed by atoms with Crippen LogP contribution < -0.4 is 85.9 Å². The first-order chi connectivity index (χ1) is 62.4. The third-order valence-electron chi connectivity index (χ3n) is 24.5. The van der Waals surface area contributed by atoms with Crippen molar-refractivity contribution in [3.8, 4) is 0 Å². The van der Waals surface area contributed by atoms with E-state index in [0.717, 1.165) is 15.8 Å². The number of aliphatic hydroxyl groups is 2. The van der Waals surface area contributed by atoms with Gasteiger partial charge in [-0.05, 0) is 163 Å². The number of carbonyl (C=O) groups excluding carboxylic acids is 19. The van der Waals surface area contributed by atoms with Gasteiger partial charge < -0.3 is 121 Å². The molecule has 3 aliphatic rings. The molecule has 1 aromatic heterocycles. The number of β-amino-alcohol motifs (C(OH)–C–C–N with tert-alkyl or cyclic N) is 1. The number of carboxylic acid groups (broad SMARTS) is 1. The van der Waals surface area contributed by atoms with Crippen LogP contribution in [0.3, 0.4) is 0 Å². The first kappa shape index (κ1) is 110. The van der Waals surface area contributed by atoms with Crippen LogP contribution in [-0.2, 0) is 109 Å². The standard InChI is InChI=1S/C91H138N20O23/c1-19-49(6)68(102-81(130)87(11,12)103-72(121)58(36-38-66(93)116)99-82(131)90(17,20-2)107-74(123)61(96-51(8)113)43-53-45-94-56-32-26-25-31-55(53)56)78(127)101-69(50(7)112)79(128)106-86(9,10)80(129)100-59(41-48(4)5)73(122)105-88(13,14)83(132)109-39-27-33-62(109)75(124)97-57(35-37-65(92)115)71(120)104-89(15,16)84(133)111-47-54(114)44-64(111)77(126)108-91(18,21-3)85(134)110-40-28-34-63(110)76(125)98-60(70(119)95-46-67(117)118)42-52-29-23-22-24-30-52/h22-26,29-32,45,48-50,54,57-64,68-69,94,112,114H,19-21,27-28,33-44,46-47H2,1-18H3,(H2,92,115)(H2,93,116)(H,95,119)(H,96,113)(H,97,124)(H,98,125)(H,99,131)(H,100,129)(H,101,127)(H,102,130)(H,103,121)(H,104,120)(H,105,122)(H,106,128)(H,107,123)(H,108,126)(H,117,118)/t49?,50?,54-,57+,58+,59+,60+,61+,62+,63+,64+,68+,69+,90?,91?/m1/s1. The molecule has 0 saturated carbocycles. The summed E-state index contributed by atoms with van der Waals surface area (Å²) < 4.78 is 0. The number of benzene rings is 2. The zero-order valence-corrected chi connectivity index (χ0v) is 79.8. The fraction of sp³-hybridized carbons (Fsp3) is 0.626. The summed E-state index contributed by atoms with van der Waals surface area (Å²) in [5, 5.41) is 68.5. The number of aliphatic hydroxyl groups excluding tert-OH is 2. The smallest absolute Gasteiger partial charge is 0.322 e. The van der Waals surface area contributed by atoms with Crippen LogP contribution in [0.1, 0.15) is 219 Å². The first-order valence-electron chi connectivity index (χ1n) is 45.3. The Balaban J connectivity index is 1.08. The summed E-state index contributed by atoms with van der Waals surface area (Å²) >= 11 is 0. The lowest BCUT2D eigenvalue weighted by Gasteiger charge is -2.38. The highest BCUT2D eigenvalue weighted by molar-refractivity contribution is 6.04. The molecule has 0 spiro atoms. The zero-order valence-electron chi connectivity index (χ0n) is 79.8. The maximum absolute atomic E-state index is 14.8. The molecule has 4 unspecified atom stereocenters. The Hall–Kier alpha value is -12.7. The average Bonchev–Trinajstić information content (AvgIpc) is 1.59. The number of fused-ring (bicyclic) bond motifs is 1. The second-order valence-electron chi connectivity index (χ2n) is 38.0. The first-order valence-corrected chi connectivity index (χ1v) is 45.3. The van der Waals surface area contributed by atoms with Crippen LogP contribution >= 0.6 is 0 Å². The zero-order chi connectivity index (χ0) is 101. The van der Waals surface area contributed by atoms with Gasteiger partial charge in [-0.3, -0.25) is 95.9 Å². The van der Waals surface area contributed by atoms with Crippen molar-refractivity contribution in [1.29, 1.82) is 0 Å². The van der Waals surface area contributed by atoms with Gasteiger partial charge in [0.2, 0.25) is 112 Å². The Morgan fingerprint density at radius 3 is 1.46 bits per heavy atom. The van der Waals surface area contributed by atoms with Gasteiger partial charge in [-0.15, -0.1) is 0 Å². The average molecular weight is 1880 g/mol. The van der Waals surface area contributed by atoms with Crippen molar-refractivity contribution in [3.05, 3.63) is 71.9 Å². The molecule has 3 saturated heterocycles. The number of aliphatic carboxylic acids is 1. The molecule has 740 valence electrons. The predicted octanol–water partition coefficient (Wildman–Crippen LogP) is -2.34. The van der Waals surface area contributed by atoms with Gasteiger partial charge in [0.05, 0.1) is 12.2 Å². The number of hydrogen-bond acceptors (Lipinski definition) is 22. The third kappa shape index (κ3) is 29.9. The summed E-state index contributed by atoms with van der Waals surface area (Å²) in [6.07, 6.45) is -2.43. The summed E-state index contributed by atoms with van der Waals surface area (Å²) in [5.41, 5.74) is 2.02. The molecular weight excluding hydrogens is 1740 g/mol. The number of nitrogens with one attached hydrogen (secondary N) is 15. The van der Waals surface area contributed by atoms with E-state index in [9.17, 15) is 111 Å². The van der Waals surface area contributed by atoms with E-state index in [4.69, 9.17) is 11.5 Å². The fourth-order valence-corrected chi connectivity index (χ4v) is 16.0. The number of carboxylic acids is 1. The lowest BCUT2D eigenvalue weighted by Crippen LogP contribution is -2.66. The molecule has 43 nitrogen and oxygen atoms in total. The van der Waals surface area contributed by atoms with Crippen LogP contribution in [0.5, 0.6) is 0 Å². The molecule has 134 heavy (non-hydrogen) atoms. The molecule has 2 aromatic carbocycles. The van der Waals surface area contributed by atoms with E-state index in [1.54, 1.807) is 78.1 Å². The molecule has 0 aliphatic carbocycles. The highest BCUT2D eigenvalue weighted by Crippen LogP contribution is 2.30. The molecule has 3 aliphatic heterocycles. The number of amides is 19. The largest absolute Gasteiger partial charge is 0.480 e. The van der Waals surface area contributed by atoms with Crippen molar-refractivity contribution < 1.29 is 111 Å². The van der Waals surface area contributed by atoms with Crippen LogP contribution in [0.4, 0.5) is 0 Å². The summed E-state index contributed by atoms with van der Waals surface area (Å²) in [6.45, 7) is 24.4. The van der Waals surface area contributed by atoms with Gasteiger partial charge in [-0.2, -0.15) is 0 Å². The van der Waals surface area contributed by atoms with Crippen LogP contribution in [0.15, 0.2) is 60.8 Å². The lowest BCUT2D eigenvalue weighted by atomic mass is 9.94. The minimum atomic E-state index is -1.95. The number of carbonyl (C=O) groups is 20. The number of rotatable bonds is 48. The van der Waals surface area contributed by atoms with E-state index in [0.29, 0.717) is 17.5 Å². The number of hydrogen-bond donors (Lipinski definition) is 20. The minimum absolute atomic E-state index is 0.0212. The molecule has 15 atom stereocenters. The van der Waals surface area contributed by atoms with Crippen LogP contribution in [-0.4, -0.2) is 285 Å². The van der Waals surface area contributed by atoms with E-state index in [2.05, 4.69) is 79.4 Å². The van der Waals surface area contributed by atoms with Crippen molar-refractivity contribution in [1.82, 2.24) is 94.1 Å². The second kappa shape index (κ2) is 47.3. The number of nitrogens with zero attached hydrogens (tertiary/aromatic N) is 3. The molecule has 0 bridgehead atoms. The van der Waals surface area contributed by atoms with Gasteiger partial charge in [-0.25, -0.2) is 0 Å². The Bertz CT molecular complexity index is 4840. The van der Waals surface area contributed by atoms with Crippen molar-refractivity contribution >= 4 is 129 Å². The van der Waals surface area contributed by atoms with E-state index >= 15 is 0 Å². The van der Waals surface area contributed by atoms with E-state index < -0.39 is 262 Å². The van der Waals surface area contributed by atoms with Crippen LogP contribution in [0.25, 0.3) is 10.9 Å². The molecule has 22 N–H and O–H groups in total. The minimum Gasteiger partial charge on any atom is -0.480 e. The summed E-state index contributed by atoms with van der Waals surface area (Å²) in [5.74, 6) is -18.8. The molecule has 3 fully saturated rings. The molecule has 6 rings (SSSR count). The van der Waals surface area contributed by atoms with Gasteiger partial charge in [0, 0.05) is 75.8 Å². The Kier molecular flexibility index (Phi) is 38.8. The number of aromatic nitrogens is 1. The monoisotopic (exact) mass is 1880 g/mol. The maximum Gasteiger partial charge on any atom is 0.322 e. The normalized spacial score (nSPS) is 18.6. The van der Waals surface area contributed by atoms with Crippen LogP contribution in [0.2, 0.25) is 0 Å². The predicted molar refractivity (Wildman–Crippen MR) is 488 cm³/mol. The topological polar surface area (TPSA) is 648 Å². The Morgan fingerprint density at radius 2 is 0.948 bits per heavy atom. The molecule has 4 heterocycles. The van der Waals surface area contributed by atoms with Gasteiger partial charge in [0.25, 0.3) is 0 Å². The molecule has 3 aromatic rings. The SMILES string of the molecule is CCC(C)[C@H](NC(=O)C(C)(C)NC(=O)[C@H](CCC(N)=O)NC(=O)C(C)(CC)NC(=O)[C@H](Cc1c[nH]c2ccccc12)NC(C)=O)C(=O)N[C@H](C(=O)NC(C)(C)C(=O)N[C@@H](CC(C)C)C(=O)NC(C)(C)C(=O)N1CCC[C@H]1C(=O)N[C@@H](CCC(N)=O)C(=O)NC(C)(C)C(=O)N1C[C@H](O)C[C@H]1C(=O)NC(C)(CC)C(=O)N1CCC[C@H]1C(=O)N[C@@H](Cc1ccccc1)C(=O)NCC(=O)O)C(C)O. The summed E-state index contributed by atoms with van der Waals surface area (Å²) in [4.78, 5) is 285. The Morgan fingerprint density at radius 1 is 0.478 bits per heavy atom. The quantitative estimate of drug-likeness (QED) is 0.0282. The van der Waals surface area contributed by atoms with Crippen molar-refractivity contribution in [2.75, 3.05) is 26.2 Å². The van der Waals surface area contributed by atoms with E-state index in [1.807, 2.05) is 24.3 Å². The highest BCUT2D eigenvalue weighted by atomic mass is 16.4. The third-order valence-corrected chi connectivity index (χ3v) is 24.5. The summed E-state index contributed by atoms with van der Waals surface area (Å²) in [7, 11) is 0. The molecule has 43 heteroatoms. The number of nitrogens with two attached hydrogens (primary N) is 2. The van der Waals surface area contributed by atoms with Gasteiger partial charge in [-0.1, -0.05) is 96.5 Å². The van der Waals surface area contributed by atoms with Crippen molar-refractivity contribution in [2.24, 2.45) is 23.3 Å². The molecule has 19 amide bonds. The van der Waals surface area contributed by atoms with E-state index in [-0.39, 0.29) is 89.6 Å². The van der Waals surface area contributed by atoms with Gasteiger partial charge in [0.1, 0.15) is 100 Å². The lowest BCUT2D eigenvalue weighted by molar-refractivity contribution is -0.149. The fourth-order valence-electron chi connectivity index (χ4n) is 16.0. The maximum atomic E-state index is 14.8. The molecule has 0 radical (unpaired) electrons. The number of likely N-dealkylation sites (tertiary alicyclic amines) is 3. The van der Waals surface area contributed by atoms with Crippen LogP contribution in [0, 0.1) is 11.8 Å². The number of para-hydroxylation sites is 1. The van der Waals surface area contributed by atoms with Crippen molar-refractivity contribution in [2.45, 2.75) is 327 Å². The van der Waals surface area contributed by atoms with Gasteiger partial charge >= 0.3 is 5.97 Å². The number of H-pyrrole nitrogens is 1. The van der Waals surface area contributed by atoms with E-state index in [1.165, 1.54) is 92.9 Å². The highest BCUT2D eigenvalue weighted by Gasteiger charge is 2.52. The Labute approximate surface area is 779 Å². The van der Waals surface area contributed by atoms with Crippen molar-refractivity contribution in [3.63, 3.8) is 0 Å².